The quantitative estimate of drug-likeness (QED) is 0.762. The number of amides is 3. The van der Waals surface area contributed by atoms with Gasteiger partial charge >= 0.3 is 6.03 Å². The molecule has 0 fully saturated rings. The predicted molar refractivity (Wildman–Crippen MR) is 71.3 cm³/mol. The topological polar surface area (TPSA) is 70.2 Å². The van der Waals surface area contributed by atoms with Gasteiger partial charge < -0.3 is 16.0 Å². The highest BCUT2D eigenvalue weighted by Crippen LogP contribution is 2.09. The van der Waals surface area contributed by atoms with E-state index in [0.717, 1.165) is 11.3 Å². The van der Waals surface area contributed by atoms with E-state index >= 15 is 0 Å². The van der Waals surface area contributed by atoms with Crippen molar-refractivity contribution in [3.8, 4) is 0 Å². The lowest BCUT2D eigenvalue weighted by atomic mass is 10.2. The summed E-state index contributed by atoms with van der Waals surface area (Å²) in [6.07, 6.45) is 0. The van der Waals surface area contributed by atoms with Crippen LogP contribution in [0, 0.1) is 0 Å². The fourth-order valence-electron chi connectivity index (χ4n) is 1.36. The molecule has 0 aromatic heterocycles. The van der Waals surface area contributed by atoms with E-state index in [2.05, 4.69) is 16.0 Å². The Kier molecular flexibility index (Phi) is 5.17. The second-order valence-corrected chi connectivity index (χ2v) is 4.36. The minimum absolute atomic E-state index is 0.0616. The number of carbonyl (C=O) groups excluding carboxylic acids is 2. The van der Waals surface area contributed by atoms with Crippen molar-refractivity contribution in [2.24, 2.45) is 0 Å². The van der Waals surface area contributed by atoms with Crippen LogP contribution in [-0.2, 0) is 11.3 Å². The molecule has 0 unspecified atom stereocenters. The molecular weight excluding hydrogens is 230 g/mol. The fraction of sp³-hybridized carbons (Fsp3) is 0.385. The van der Waals surface area contributed by atoms with Gasteiger partial charge in [-0.15, -0.1) is 0 Å². The van der Waals surface area contributed by atoms with Crippen LogP contribution >= 0.6 is 0 Å². The summed E-state index contributed by atoms with van der Waals surface area (Å²) in [6.45, 7) is 5.77. The van der Waals surface area contributed by atoms with Crippen LogP contribution in [0.3, 0.4) is 0 Å². The van der Waals surface area contributed by atoms with Crippen molar-refractivity contribution in [2.75, 3.05) is 5.32 Å². The zero-order chi connectivity index (χ0) is 13.5. The number of rotatable bonds is 4. The molecule has 5 heteroatoms. The largest absolute Gasteiger partial charge is 0.352 e. The van der Waals surface area contributed by atoms with Crippen LogP contribution in [0.5, 0.6) is 0 Å². The Hall–Kier alpha value is -2.04. The molecule has 1 aromatic carbocycles. The van der Waals surface area contributed by atoms with Crippen molar-refractivity contribution >= 4 is 17.6 Å². The standard InChI is InChI=1S/C13H19N3O2/c1-9(2)15-13(18)16-12-6-4-11(5-7-12)8-14-10(3)17/h4-7,9H,8H2,1-3H3,(H,14,17)(H2,15,16,18). The lowest BCUT2D eigenvalue weighted by Gasteiger charge is -2.10. The molecule has 0 heterocycles. The first kappa shape index (κ1) is 14.0. The van der Waals surface area contributed by atoms with Crippen LogP contribution in [-0.4, -0.2) is 18.0 Å². The minimum Gasteiger partial charge on any atom is -0.352 e. The molecule has 0 aliphatic carbocycles. The second-order valence-electron chi connectivity index (χ2n) is 4.36. The number of hydrogen-bond acceptors (Lipinski definition) is 2. The van der Waals surface area contributed by atoms with Crippen molar-refractivity contribution in [3.05, 3.63) is 29.8 Å². The number of carbonyl (C=O) groups is 2. The first-order chi connectivity index (χ1) is 8.47. The number of anilines is 1. The molecule has 3 amide bonds. The lowest BCUT2D eigenvalue weighted by molar-refractivity contribution is -0.119. The van der Waals surface area contributed by atoms with Gasteiger partial charge in [-0.1, -0.05) is 12.1 Å². The summed E-state index contributed by atoms with van der Waals surface area (Å²) in [4.78, 5) is 22.2. The van der Waals surface area contributed by atoms with Crippen molar-refractivity contribution in [1.82, 2.24) is 10.6 Å². The molecule has 0 saturated heterocycles. The SMILES string of the molecule is CC(=O)NCc1ccc(NC(=O)NC(C)C)cc1. The minimum atomic E-state index is -0.223. The zero-order valence-electron chi connectivity index (χ0n) is 10.9. The number of nitrogens with one attached hydrogen (secondary N) is 3. The van der Waals surface area contributed by atoms with Gasteiger partial charge in [0.25, 0.3) is 0 Å². The van der Waals surface area contributed by atoms with Gasteiger partial charge in [0.05, 0.1) is 0 Å². The number of benzene rings is 1. The number of hydrogen-bond donors (Lipinski definition) is 3. The van der Waals surface area contributed by atoms with E-state index in [-0.39, 0.29) is 18.0 Å². The Morgan fingerprint density at radius 3 is 2.28 bits per heavy atom. The average molecular weight is 249 g/mol. The maximum Gasteiger partial charge on any atom is 0.319 e. The third-order valence-corrected chi connectivity index (χ3v) is 2.17. The summed E-state index contributed by atoms with van der Waals surface area (Å²) in [5.74, 6) is -0.0616. The van der Waals surface area contributed by atoms with Gasteiger partial charge in [0.2, 0.25) is 5.91 Å². The normalized spacial score (nSPS) is 10.0. The van der Waals surface area contributed by atoms with Gasteiger partial charge in [0.15, 0.2) is 0 Å². The van der Waals surface area contributed by atoms with Crippen LogP contribution in [0.25, 0.3) is 0 Å². The Morgan fingerprint density at radius 1 is 1.17 bits per heavy atom. The van der Waals surface area contributed by atoms with E-state index in [4.69, 9.17) is 0 Å². The van der Waals surface area contributed by atoms with Crippen LogP contribution in [0.15, 0.2) is 24.3 Å². The van der Waals surface area contributed by atoms with Gasteiger partial charge in [-0.2, -0.15) is 0 Å². The van der Waals surface area contributed by atoms with Gasteiger partial charge in [0.1, 0.15) is 0 Å². The second kappa shape index (κ2) is 6.64. The smallest absolute Gasteiger partial charge is 0.319 e. The van der Waals surface area contributed by atoms with Crippen molar-refractivity contribution < 1.29 is 9.59 Å². The van der Waals surface area contributed by atoms with Crippen LogP contribution < -0.4 is 16.0 Å². The number of urea groups is 1. The summed E-state index contributed by atoms with van der Waals surface area (Å²) in [5, 5.41) is 8.18. The monoisotopic (exact) mass is 249 g/mol. The van der Waals surface area contributed by atoms with Crippen molar-refractivity contribution in [2.45, 2.75) is 33.4 Å². The van der Waals surface area contributed by atoms with Gasteiger partial charge in [0, 0.05) is 25.2 Å². The van der Waals surface area contributed by atoms with Crippen LogP contribution in [0.2, 0.25) is 0 Å². The van der Waals surface area contributed by atoms with E-state index in [1.807, 2.05) is 26.0 Å². The molecule has 1 rings (SSSR count). The third-order valence-electron chi connectivity index (χ3n) is 2.17. The van der Waals surface area contributed by atoms with E-state index < -0.39 is 0 Å². The Labute approximate surface area is 107 Å². The predicted octanol–water partition coefficient (Wildman–Crippen LogP) is 1.85. The molecule has 0 spiro atoms. The average Bonchev–Trinajstić information content (AvgIpc) is 2.26. The van der Waals surface area contributed by atoms with E-state index in [1.165, 1.54) is 6.92 Å². The zero-order valence-corrected chi connectivity index (χ0v) is 10.9. The molecule has 0 aliphatic rings. The first-order valence-electron chi connectivity index (χ1n) is 5.88. The first-order valence-corrected chi connectivity index (χ1v) is 5.88. The summed E-state index contributed by atoms with van der Waals surface area (Å²) in [5.41, 5.74) is 1.71. The van der Waals surface area contributed by atoms with Gasteiger partial charge in [-0.25, -0.2) is 4.79 Å². The molecule has 0 saturated carbocycles. The Morgan fingerprint density at radius 2 is 1.78 bits per heavy atom. The molecule has 3 N–H and O–H groups in total. The Bertz CT molecular complexity index is 413. The lowest BCUT2D eigenvalue weighted by Crippen LogP contribution is -2.34. The molecule has 1 aromatic rings. The van der Waals surface area contributed by atoms with Crippen molar-refractivity contribution in [1.29, 1.82) is 0 Å². The summed E-state index contributed by atoms with van der Waals surface area (Å²) in [6, 6.07) is 7.21. The highest BCUT2D eigenvalue weighted by atomic mass is 16.2. The van der Waals surface area contributed by atoms with Crippen molar-refractivity contribution in [3.63, 3.8) is 0 Å². The molecule has 18 heavy (non-hydrogen) atoms. The van der Waals surface area contributed by atoms with E-state index in [9.17, 15) is 9.59 Å². The van der Waals surface area contributed by atoms with Gasteiger partial charge in [-0.3, -0.25) is 4.79 Å². The fourth-order valence-corrected chi connectivity index (χ4v) is 1.36. The highest BCUT2D eigenvalue weighted by Gasteiger charge is 2.03. The summed E-state index contributed by atoms with van der Waals surface area (Å²) < 4.78 is 0. The van der Waals surface area contributed by atoms with Crippen LogP contribution in [0.1, 0.15) is 26.3 Å². The maximum atomic E-state index is 11.4. The molecule has 98 valence electrons. The highest BCUT2D eigenvalue weighted by molar-refractivity contribution is 5.89. The molecular formula is C13H19N3O2. The molecule has 0 atom stereocenters. The third kappa shape index (κ3) is 5.34. The molecule has 5 nitrogen and oxygen atoms in total. The van der Waals surface area contributed by atoms with E-state index in [0.29, 0.717) is 6.54 Å². The van der Waals surface area contributed by atoms with Crippen LogP contribution in [0.4, 0.5) is 10.5 Å². The maximum absolute atomic E-state index is 11.4. The molecule has 0 aliphatic heterocycles. The Balaban J connectivity index is 2.49. The molecule has 0 radical (unpaired) electrons. The van der Waals surface area contributed by atoms with Gasteiger partial charge in [-0.05, 0) is 31.5 Å². The summed E-state index contributed by atoms with van der Waals surface area (Å²) >= 11 is 0. The summed E-state index contributed by atoms with van der Waals surface area (Å²) in [7, 11) is 0. The molecule has 0 bridgehead atoms. The van der Waals surface area contributed by atoms with E-state index in [1.54, 1.807) is 12.1 Å².